The van der Waals surface area contributed by atoms with Gasteiger partial charge >= 0.3 is 6.16 Å². The largest absolute Gasteiger partial charge is 0.509 e. The third-order valence-corrected chi connectivity index (χ3v) is 12.2. The molecule has 0 amide bonds. The molecule has 9 rings (SSSR count). The summed E-state index contributed by atoms with van der Waals surface area (Å²) < 4.78 is 38.0. The predicted molar refractivity (Wildman–Crippen MR) is 175 cm³/mol. The number of hydrogen-bond donors (Lipinski definition) is 0. The molecule has 9 heteroatoms. The average Bonchev–Trinajstić information content (AvgIpc) is 3.63. The van der Waals surface area contributed by atoms with Crippen molar-refractivity contribution in [2.24, 2.45) is 11.8 Å². The van der Waals surface area contributed by atoms with Crippen molar-refractivity contribution in [3.8, 4) is 23.0 Å². The number of nitrogens with zero attached hydrogens (tertiary/aromatic N) is 2. The van der Waals surface area contributed by atoms with Gasteiger partial charge in [-0.05, 0) is 96.2 Å². The fourth-order valence-corrected chi connectivity index (χ4v) is 10.3. The van der Waals surface area contributed by atoms with E-state index >= 15 is 0 Å². The molecular formula is C38H44N2O7. The van der Waals surface area contributed by atoms with Gasteiger partial charge < -0.3 is 38.2 Å². The van der Waals surface area contributed by atoms with Gasteiger partial charge in [-0.3, -0.25) is 0 Å². The highest BCUT2D eigenvalue weighted by Gasteiger charge is 2.65. The molecular weight excluding hydrogens is 596 g/mol. The molecule has 248 valence electrons. The van der Waals surface area contributed by atoms with E-state index in [0.717, 1.165) is 48.8 Å². The maximum Gasteiger partial charge on any atom is 0.509 e. The molecule has 2 bridgehead atoms. The fraction of sp³-hybridized carbons (Fsp3) is 0.553. The summed E-state index contributed by atoms with van der Waals surface area (Å²) >= 11 is 0. The van der Waals surface area contributed by atoms with E-state index in [2.05, 4.69) is 55.2 Å². The van der Waals surface area contributed by atoms with Crippen LogP contribution < -0.4 is 18.9 Å². The summed E-state index contributed by atoms with van der Waals surface area (Å²) in [5.74, 6) is 3.68. The van der Waals surface area contributed by atoms with Crippen molar-refractivity contribution >= 4 is 6.16 Å². The van der Waals surface area contributed by atoms with Crippen LogP contribution >= 0.6 is 0 Å². The number of likely N-dealkylation sites (tertiary alicyclic amines) is 1. The number of likely N-dealkylation sites (N-methyl/N-ethyl adjacent to an activating group) is 2. The summed E-state index contributed by atoms with van der Waals surface area (Å²) in [4.78, 5) is 18.5. The zero-order valence-corrected chi connectivity index (χ0v) is 27.8. The van der Waals surface area contributed by atoms with Crippen molar-refractivity contribution in [2.75, 3.05) is 40.9 Å². The Balaban J connectivity index is 1.01. The summed E-state index contributed by atoms with van der Waals surface area (Å²) in [7, 11) is 6.48. The van der Waals surface area contributed by atoms with Crippen molar-refractivity contribution < 1.29 is 33.2 Å². The lowest BCUT2D eigenvalue weighted by atomic mass is 9.53. The fourth-order valence-electron chi connectivity index (χ4n) is 10.3. The molecule has 0 N–H and O–H groups in total. The van der Waals surface area contributed by atoms with Gasteiger partial charge in [0.05, 0.1) is 13.2 Å². The van der Waals surface area contributed by atoms with E-state index in [1.54, 1.807) is 0 Å². The second-order valence-electron chi connectivity index (χ2n) is 14.5. The van der Waals surface area contributed by atoms with E-state index in [4.69, 9.17) is 28.4 Å². The van der Waals surface area contributed by atoms with Crippen LogP contribution in [0.1, 0.15) is 48.4 Å². The summed E-state index contributed by atoms with van der Waals surface area (Å²) in [6.07, 6.45) is 8.70. The Hall–Kier alpha value is -3.69. The Bertz CT molecular complexity index is 1690. The molecule has 3 heterocycles. The lowest BCUT2D eigenvalue weighted by Gasteiger charge is -2.56. The SMILES string of the molecule is CCOc1ccc2c3c1O[C@@H]1C3[C@@H](C=C[C@@H]1OC(=O)O[C@H]1C=C[C@H]3C4Cc5ccc(OCC)c6c5[C@@]3(CCN4C)[C@H]1O6)[C@H](N(C)C)C2. The molecule has 47 heavy (non-hydrogen) atoms. The Morgan fingerprint density at radius 3 is 2.40 bits per heavy atom. The number of hydrogen-bond acceptors (Lipinski definition) is 9. The van der Waals surface area contributed by atoms with Gasteiger partial charge in [0.1, 0.15) is 12.2 Å². The van der Waals surface area contributed by atoms with Gasteiger partial charge in [0.25, 0.3) is 0 Å². The first-order valence-electron chi connectivity index (χ1n) is 17.4. The van der Waals surface area contributed by atoms with E-state index in [1.165, 1.54) is 22.3 Å². The van der Waals surface area contributed by atoms with Crippen LogP contribution in [0.15, 0.2) is 48.6 Å². The minimum atomic E-state index is -0.711. The highest BCUT2D eigenvalue weighted by Crippen LogP contribution is 2.63. The number of piperidine rings is 1. The molecule has 2 aromatic carbocycles. The van der Waals surface area contributed by atoms with E-state index in [0.29, 0.717) is 25.3 Å². The number of carbonyl (C=O) groups excluding carboxylic acids is 1. The number of benzene rings is 2. The third kappa shape index (κ3) is 4.05. The Labute approximate surface area is 276 Å². The highest BCUT2D eigenvalue weighted by molar-refractivity contribution is 5.65. The van der Waals surface area contributed by atoms with Crippen LogP contribution in [0.3, 0.4) is 0 Å². The first-order valence-corrected chi connectivity index (χ1v) is 17.4. The van der Waals surface area contributed by atoms with Crippen LogP contribution in [0.4, 0.5) is 4.79 Å². The van der Waals surface area contributed by atoms with E-state index in [9.17, 15) is 4.79 Å². The standard InChI is InChI=1S/C38H44N2O7/c1-6-42-26-12-8-20-18-24(39(3)4)22-10-14-28(34-31(22)30(20)33(26)46-34)44-37(41)45-29-15-11-23-25-19-21-9-13-27(43-7-2)35-32(21)38(23,36(29)47-35)16-17-40(25)5/h8-15,22-25,28-29,31,34,36H,6-7,16-19H2,1-5H3/t22-,23-,24+,25?,28-,29-,31?,34-,36-,38-/m0/s1. The lowest BCUT2D eigenvalue weighted by molar-refractivity contribution is -0.0750. The van der Waals surface area contributed by atoms with Gasteiger partial charge in [-0.25, -0.2) is 4.79 Å². The Morgan fingerprint density at radius 2 is 1.64 bits per heavy atom. The first-order chi connectivity index (χ1) is 22.8. The molecule has 7 aliphatic rings. The van der Waals surface area contributed by atoms with Gasteiger partial charge in [-0.2, -0.15) is 0 Å². The summed E-state index contributed by atoms with van der Waals surface area (Å²) in [6, 6.07) is 9.11. The summed E-state index contributed by atoms with van der Waals surface area (Å²) in [5.41, 5.74) is 4.75. The van der Waals surface area contributed by atoms with Crippen molar-refractivity contribution in [3.05, 3.63) is 70.8 Å². The zero-order valence-electron chi connectivity index (χ0n) is 27.8. The minimum absolute atomic E-state index is 0.0556. The van der Waals surface area contributed by atoms with E-state index in [-0.39, 0.29) is 35.4 Å². The van der Waals surface area contributed by atoms with Crippen LogP contribution in [0, 0.1) is 11.8 Å². The van der Waals surface area contributed by atoms with Gasteiger partial charge in [0.15, 0.2) is 35.2 Å². The average molecular weight is 641 g/mol. The monoisotopic (exact) mass is 640 g/mol. The van der Waals surface area contributed by atoms with E-state index < -0.39 is 18.4 Å². The molecule has 9 nitrogen and oxygen atoms in total. The smallest absolute Gasteiger partial charge is 0.490 e. The van der Waals surface area contributed by atoms with Crippen molar-refractivity contribution in [1.82, 2.24) is 9.80 Å². The molecule has 0 aromatic heterocycles. The van der Waals surface area contributed by atoms with Crippen LogP contribution in [0.25, 0.3) is 0 Å². The third-order valence-electron chi connectivity index (χ3n) is 12.2. The molecule has 2 unspecified atom stereocenters. The molecule has 10 atom stereocenters. The number of carbonyl (C=O) groups is 1. The zero-order chi connectivity index (χ0) is 32.2. The molecule has 1 saturated heterocycles. The Kier molecular flexibility index (Phi) is 6.68. The predicted octanol–water partition coefficient (Wildman–Crippen LogP) is 5.04. The molecule has 1 fully saturated rings. The van der Waals surface area contributed by atoms with Gasteiger partial charge in [-0.15, -0.1) is 0 Å². The van der Waals surface area contributed by atoms with Crippen molar-refractivity contribution in [3.63, 3.8) is 0 Å². The van der Waals surface area contributed by atoms with Gasteiger partial charge in [0.2, 0.25) is 0 Å². The highest BCUT2D eigenvalue weighted by atomic mass is 16.7. The van der Waals surface area contributed by atoms with Crippen molar-refractivity contribution in [2.45, 2.75) is 80.9 Å². The lowest BCUT2D eigenvalue weighted by Crippen LogP contribution is -2.65. The summed E-state index contributed by atoms with van der Waals surface area (Å²) in [6.45, 7) is 6.03. The van der Waals surface area contributed by atoms with E-state index in [1.807, 2.05) is 38.1 Å². The summed E-state index contributed by atoms with van der Waals surface area (Å²) in [5, 5.41) is 0. The number of ether oxygens (including phenoxy) is 6. The quantitative estimate of drug-likeness (QED) is 0.306. The van der Waals surface area contributed by atoms with Crippen molar-refractivity contribution in [1.29, 1.82) is 0 Å². The van der Waals surface area contributed by atoms with Crippen LogP contribution in [0.5, 0.6) is 23.0 Å². The minimum Gasteiger partial charge on any atom is -0.490 e. The Morgan fingerprint density at radius 1 is 0.915 bits per heavy atom. The molecule has 0 saturated carbocycles. The second-order valence-corrected chi connectivity index (χ2v) is 14.5. The molecule has 3 aliphatic heterocycles. The van der Waals surface area contributed by atoms with Crippen LogP contribution in [-0.4, -0.2) is 93.4 Å². The van der Waals surface area contributed by atoms with Crippen LogP contribution in [-0.2, 0) is 27.7 Å². The topological polar surface area (TPSA) is 78.9 Å². The number of rotatable bonds is 7. The van der Waals surface area contributed by atoms with Gasteiger partial charge in [0, 0.05) is 46.4 Å². The molecule has 4 aliphatic carbocycles. The first kappa shape index (κ1) is 29.4. The maximum absolute atomic E-state index is 13.8. The normalized spacial score (nSPS) is 36.3. The van der Waals surface area contributed by atoms with Crippen LogP contribution in [0.2, 0.25) is 0 Å². The molecule has 1 spiro atoms. The molecule has 0 radical (unpaired) electrons. The molecule has 2 aromatic rings. The van der Waals surface area contributed by atoms with Gasteiger partial charge in [-0.1, -0.05) is 24.3 Å². The maximum atomic E-state index is 13.8. The second kappa shape index (κ2) is 10.7.